The second kappa shape index (κ2) is 4.73. The molecular weight excluding hydrogens is 239 g/mol. The maximum atomic E-state index is 10.8. The van der Waals surface area contributed by atoms with E-state index < -0.39 is 5.97 Å². The van der Waals surface area contributed by atoms with Crippen molar-refractivity contribution in [3.63, 3.8) is 0 Å². The molecule has 1 aromatic carbocycles. The van der Waals surface area contributed by atoms with Gasteiger partial charge in [0.05, 0.1) is 21.7 Å². The van der Waals surface area contributed by atoms with Gasteiger partial charge in [0.15, 0.2) is 0 Å². The Morgan fingerprint density at radius 3 is 2.47 bits per heavy atom. The van der Waals surface area contributed by atoms with Crippen molar-refractivity contribution in [1.82, 2.24) is 0 Å². The first-order valence-electron chi connectivity index (χ1n) is 4.30. The molecule has 0 aliphatic rings. The normalized spacial score (nSPS) is 10.5. The Balaban J connectivity index is 3.17. The summed E-state index contributed by atoms with van der Waals surface area (Å²) in [7, 11) is 0. The maximum absolute atomic E-state index is 10.8. The van der Waals surface area contributed by atoms with Gasteiger partial charge in [0.25, 0.3) is 0 Å². The van der Waals surface area contributed by atoms with E-state index in [4.69, 9.17) is 33.0 Å². The second-order valence-electron chi connectivity index (χ2n) is 3.24. The van der Waals surface area contributed by atoms with E-state index in [0.29, 0.717) is 5.75 Å². The van der Waals surface area contributed by atoms with Gasteiger partial charge < -0.3 is 9.84 Å². The molecule has 0 heterocycles. The number of halogens is 2. The molecule has 0 aliphatic carbocycles. The zero-order valence-electron chi connectivity index (χ0n) is 8.25. The van der Waals surface area contributed by atoms with Crippen LogP contribution in [0.15, 0.2) is 12.1 Å². The van der Waals surface area contributed by atoms with Crippen molar-refractivity contribution in [1.29, 1.82) is 0 Å². The number of rotatable bonds is 3. The average molecular weight is 249 g/mol. The number of hydrogen-bond acceptors (Lipinski definition) is 2. The predicted molar refractivity (Wildman–Crippen MR) is 59.2 cm³/mol. The Hall–Kier alpha value is -0.930. The number of carboxylic acids is 1. The second-order valence-corrected chi connectivity index (χ2v) is 4.02. The maximum Gasteiger partial charge on any atom is 0.337 e. The minimum Gasteiger partial charge on any atom is -0.491 e. The van der Waals surface area contributed by atoms with E-state index in [2.05, 4.69) is 0 Å². The monoisotopic (exact) mass is 248 g/mol. The van der Waals surface area contributed by atoms with Gasteiger partial charge in [-0.25, -0.2) is 4.79 Å². The highest BCUT2D eigenvalue weighted by molar-refractivity contribution is 6.43. The van der Waals surface area contributed by atoms with Crippen LogP contribution in [-0.2, 0) is 0 Å². The highest BCUT2D eigenvalue weighted by Crippen LogP contribution is 2.31. The van der Waals surface area contributed by atoms with Crippen molar-refractivity contribution < 1.29 is 14.6 Å². The van der Waals surface area contributed by atoms with Crippen molar-refractivity contribution in [2.75, 3.05) is 0 Å². The van der Waals surface area contributed by atoms with Crippen LogP contribution in [0, 0.1) is 0 Å². The Kier molecular flexibility index (Phi) is 3.83. The number of ether oxygens (including phenoxy) is 1. The first-order chi connectivity index (χ1) is 6.91. The number of hydrogen-bond donors (Lipinski definition) is 1. The van der Waals surface area contributed by atoms with E-state index in [-0.39, 0.29) is 21.7 Å². The van der Waals surface area contributed by atoms with E-state index in [9.17, 15) is 4.79 Å². The topological polar surface area (TPSA) is 46.5 Å². The smallest absolute Gasteiger partial charge is 0.337 e. The summed E-state index contributed by atoms with van der Waals surface area (Å²) in [6, 6.07) is 2.85. The largest absolute Gasteiger partial charge is 0.491 e. The van der Waals surface area contributed by atoms with Crippen molar-refractivity contribution >= 4 is 29.2 Å². The summed E-state index contributed by atoms with van der Waals surface area (Å²) in [5.41, 5.74) is -0.0557. The van der Waals surface area contributed by atoms with Crippen molar-refractivity contribution in [3.8, 4) is 5.75 Å². The van der Waals surface area contributed by atoms with Crippen LogP contribution in [0.25, 0.3) is 0 Å². The first kappa shape index (κ1) is 12.1. The standard InChI is InChI=1S/C10H10Cl2O3/c1-5(2)15-6-3-7(10(13)14)9(12)8(11)4-6/h3-5H,1-2H3,(H,13,14). The van der Waals surface area contributed by atoms with Gasteiger partial charge in [0.1, 0.15) is 5.75 Å². The van der Waals surface area contributed by atoms with Gasteiger partial charge in [-0.2, -0.15) is 0 Å². The zero-order chi connectivity index (χ0) is 11.6. The molecule has 3 nitrogen and oxygen atoms in total. The van der Waals surface area contributed by atoms with Crippen molar-refractivity contribution in [3.05, 3.63) is 27.7 Å². The highest BCUT2D eigenvalue weighted by atomic mass is 35.5. The molecule has 82 valence electrons. The van der Waals surface area contributed by atoms with Crippen LogP contribution in [0.2, 0.25) is 10.0 Å². The minimum absolute atomic E-state index is 0.0280. The van der Waals surface area contributed by atoms with Gasteiger partial charge >= 0.3 is 5.97 Å². The molecule has 0 aromatic heterocycles. The Morgan fingerprint density at radius 1 is 1.40 bits per heavy atom. The molecule has 0 atom stereocenters. The third-order valence-electron chi connectivity index (χ3n) is 1.60. The number of aromatic carboxylic acids is 1. The van der Waals surface area contributed by atoms with Crippen LogP contribution in [0.4, 0.5) is 0 Å². The zero-order valence-corrected chi connectivity index (χ0v) is 9.76. The molecule has 5 heteroatoms. The number of benzene rings is 1. The quantitative estimate of drug-likeness (QED) is 0.891. The molecule has 0 aliphatic heterocycles. The molecule has 0 saturated heterocycles. The molecule has 0 bridgehead atoms. The summed E-state index contributed by atoms with van der Waals surface area (Å²) in [6.07, 6.45) is -0.0520. The lowest BCUT2D eigenvalue weighted by Crippen LogP contribution is -2.07. The Labute approximate surface area is 97.6 Å². The molecule has 0 fully saturated rings. The molecule has 0 amide bonds. The molecule has 0 unspecified atom stereocenters. The summed E-state index contributed by atoms with van der Waals surface area (Å²) in [5.74, 6) is -0.729. The van der Waals surface area contributed by atoms with Crippen LogP contribution in [0.3, 0.4) is 0 Å². The van der Waals surface area contributed by atoms with E-state index in [1.807, 2.05) is 13.8 Å². The lowest BCUT2D eigenvalue weighted by Gasteiger charge is -2.11. The van der Waals surface area contributed by atoms with Crippen LogP contribution < -0.4 is 4.74 Å². The molecule has 0 saturated carbocycles. The van der Waals surface area contributed by atoms with Gasteiger partial charge in [-0.3, -0.25) is 0 Å². The van der Waals surface area contributed by atoms with Crippen LogP contribution in [0.5, 0.6) is 5.75 Å². The SMILES string of the molecule is CC(C)Oc1cc(Cl)c(Cl)c(C(=O)O)c1. The summed E-state index contributed by atoms with van der Waals surface area (Å²) in [6.45, 7) is 3.67. The average Bonchev–Trinajstić information content (AvgIpc) is 2.09. The Bertz CT molecular complexity index is 388. The molecular formula is C10H10Cl2O3. The minimum atomic E-state index is -1.13. The lowest BCUT2D eigenvalue weighted by atomic mass is 10.2. The molecule has 0 radical (unpaired) electrons. The number of carbonyl (C=O) groups is 1. The fourth-order valence-electron chi connectivity index (χ4n) is 1.06. The van der Waals surface area contributed by atoms with Crippen LogP contribution in [-0.4, -0.2) is 17.2 Å². The fourth-order valence-corrected chi connectivity index (χ4v) is 1.46. The number of carboxylic acid groups (broad SMARTS) is 1. The van der Waals surface area contributed by atoms with Gasteiger partial charge in [-0.15, -0.1) is 0 Å². The van der Waals surface area contributed by atoms with Gasteiger partial charge in [-0.1, -0.05) is 23.2 Å². The first-order valence-corrected chi connectivity index (χ1v) is 5.06. The van der Waals surface area contributed by atoms with Crippen molar-refractivity contribution in [2.24, 2.45) is 0 Å². The Morgan fingerprint density at radius 2 is 2.00 bits per heavy atom. The third-order valence-corrected chi connectivity index (χ3v) is 2.41. The predicted octanol–water partition coefficient (Wildman–Crippen LogP) is 3.48. The van der Waals surface area contributed by atoms with Crippen LogP contribution in [0.1, 0.15) is 24.2 Å². The van der Waals surface area contributed by atoms with Crippen molar-refractivity contribution in [2.45, 2.75) is 20.0 Å². The third kappa shape index (κ3) is 3.01. The van der Waals surface area contributed by atoms with Gasteiger partial charge in [0.2, 0.25) is 0 Å². The molecule has 1 aromatic rings. The van der Waals surface area contributed by atoms with Crippen LogP contribution >= 0.6 is 23.2 Å². The van der Waals surface area contributed by atoms with E-state index in [1.54, 1.807) is 0 Å². The molecule has 15 heavy (non-hydrogen) atoms. The molecule has 0 spiro atoms. The molecule has 1 rings (SSSR count). The summed E-state index contributed by atoms with van der Waals surface area (Å²) in [4.78, 5) is 10.8. The highest BCUT2D eigenvalue weighted by Gasteiger charge is 2.14. The van der Waals surface area contributed by atoms with E-state index in [0.717, 1.165) is 0 Å². The van der Waals surface area contributed by atoms with Gasteiger partial charge in [-0.05, 0) is 19.9 Å². The summed E-state index contributed by atoms with van der Waals surface area (Å²) < 4.78 is 5.33. The van der Waals surface area contributed by atoms with Gasteiger partial charge in [0, 0.05) is 6.07 Å². The van der Waals surface area contributed by atoms with E-state index >= 15 is 0 Å². The fraction of sp³-hybridized carbons (Fsp3) is 0.300. The molecule has 1 N–H and O–H groups in total. The summed E-state index contributed by atoms with van der Waals surface area (Å²) >= 11 is 11.5. The van der Waals surface area contributed by atoms with E-state index in [1.165, 1.54) is 12.1 Å². The lowest BCUT2D eigenvalue weighted by molar-refractivity contribution is 0.0696. The summed E-state index contributed by atoms with van der Waals surface area (Å²) in [5, 5.41) is 9.05.